The minimum Gasteiger partial charge on any atom is -0.381 e. The third-order valence-electron chi connectivity index (χ3n) is 3.22. The van der Waals surface area contributed by atoms with Crippen molar-refractivity contribution in [1.82, 2.24) is 0 Å². The molecule has 1 fully saturated rings. The number of carbonyl (C=O) groups is 1. The van der Waals surface area contributed by atoms with Gasteiger partial charge in [-0.2, -0.15) is 0 Å². The van der Waals surface area contributed by atoms with E-state index in [2.05, 4.69) is 6.58 Å². The molecule has 0 amide bonds. The number of hydrogen-bond donors (Lipinski definition) is 1. The minimum absolute atomic E-state index is 0.00218. The van der Waals surface area contributed by atoms with Crippen LogP contribution in [0.4, 0.5) is 0 Å². The lowest BCUT2D eigenvalue weighted by atomic mass is 9.70. The summed E-state index contributed by atoms with van der Waals surface area (Å²) in [7, 11) is 0. The van der Waals surface area contributed by atoms with Crippen LogP contribution in [0.2, 0.25) is 0 Å². The van der Waals surface area contributed by atoms with E-state index in [9.17, 15) is 9.90 Å². The van der Waals surface area contributed by atoms with E-state index >= 15 is 0 Å². The van der Waals surface area contributed by atoms with Gasteiger partial charge in [-0.05, 0) is 25.2 Å². The van der Waals surface area contributed by atoms with Gasteiger partial charge in [0.25, 0.3) is 0 Å². The van der Waals surface area contributed by atoms with Crippen molar-refractivity contribution in [2.75, 3.05) is 0 Å². The first-order chi connectivity index (χ1) is 6.52. The average Bonchev–Trinajstić information content (AvgIpc) is 2.11. The zero-order valence-corrected chi connectivity index (χ0v) is 9.12. The fraction of sp³-hybridized carbons (Fsp3) is 0.750. The van der Waals surface area contributed by atoms with Crippen molar-refractivity contribution in [3.05, 3.63) is 12.7 Å². The predicted octanol–water partition coefficient (Wildman–Crippen LogP) is 2.32. The van der Waals surface area contributed by atoms with Gasteiger partial charge in [-0.25, -0.2) is 0 Å². The Bertz CT molecular complexity index is 232. The molecule has 0 aromatic rings. The van der Waals surface area contributed by atoms with Gasteiger partial charge in [0.15, 0.2) is 5.78 Å². The molecular formula is C12H20O2. The van der Waals surface area contributed by atoms with Crippen LogP contribution in [0.25, 0.3) is 0 Å². The van der Waals surface area contributed by atoms with E-state index < -0.39 is 5.60 Å². The molecule has 1 saturated carbocycles. The smallest absolute Gasteiger partial charge is 0.164 e. The Kier molecular flexibility index (Phi) is 3.48. The highest BCUT2D eigenvalue weighted by molar-refractivity contribution is 5.88. The number of carbonyl (C=O) groups excluding carboxylic acids is 1. The van der Waals surface area contributed by atoms with Crippen LogP contribution in [0, 0.1) is 11.8 Å². The van der Waals surface area contributed by atoms with Crippen LogP contribution in [0.5, 0.6) is 0 Å². The minimum atomic E-state index is -1.13. The largest absolute Gasteiger partial charge is 0.381 e. The summed E-state index contributed by atoms with van der Waals surface area (Å²) in [6.45, 7) is 7.76. The lowest BCUT2D eigenvalue weighted by Gasteiger charge is -2.38. The van der Waals surface area contributed by atoms with Crippen LogP contribution in [-0.4, -0.2) is 16.5 Å². The first kappa shape index (κ1) is 11.4. The number of aliphatic hydroxyl groups is 1. The van der Waals surface area contributed by atoms with E-state index in [1.807, 2.05) is 13.8 Å². The molecule has 1 aliphatic rings. The second kappa shape index (κ2) is 4.26. The molecule has 0 aromatic heterocycles. The highest BCUT2D eigenvalue weighted by Crippen LogP contribution is 2.36. The molecule has 0 spiro atoms. The third kappa shape index (κ3) is 1.90. The normalized spacial score (nSPS) is 30.4. The predicted molar refractivity (Wildman–Crippen MR) is 56.9 cm³/mol. The number of rotatable bonds is 3. The fourth-order valence-electron chi connectivity index (χ4n) is 2.41. The number of Topliss-reactive ketones (excluding diaryl/α,β-unsaturated/α-hetero) is 1. The maximum absolute atomic E-state index is 11.7. The summed E-state index contributed by atoms with van der Waals surface area (Å²) in [5.41, 5.74) is -1.13. The maximum Gasteiger partial charge on any atom is 0.164 e. The Balaban J connectivity index is 2.89. The van der Waals surface area contributed by atoms with Gasteiger partial charge in [0.2, 0.25) is 0 Å². The topological polar surface area (TPSA) is 37.3 Å². The van der Waals surface area contributed by atoms with Crippen molar-refractivity contribution in [3.8, 4) is 0 Å². The van der Waals surface area contributed by atoms with E-state index in [0.717, 1.165) is 12.8 Å². The van der Waals surface area contributed by atoms with E-state index in [4.69, 9.17) is 0 Å². The van der Waals surface area contributed by atoms with Gasteiger partial charge in [-0.1, -0.05) is 19.9 Å². The molecule has 1 N–H and O–H groups in total. The van der Waals surface area contributed by atoms with Gasteiger partial charge in [0, 0.05) is 12.3 Å². The van der Waals surface area contributed by atoms with E-state index in [0.29, 0.717) is 12.8 Å². The van der Waals surface area contributed by atoms with Crippen LogP contribution >= 0.6 is 0 Å². The van der Waals surface area contributed by atoms with Gasteiger partial charge in [0.05, 0.1) is 0 Å². The summed E-state index contributed by atoms with van der Waals surface area (Å²) >= 11 is 0. The molecule has 0 bridgehead atoms. The van der Waals surface area contributed by atoms with Crippen molar-refractivity contribution in [1.29, 1.82) is 0 Å². The molecule has 1 aliphatic carbocycles. The quantitative estimate of drug-likeness (QED) is 0.703. The standard InChI is InChI=1S/C12H20O2/c1-4-10(9(2)3)12(14)8-6-5-7-11(12)13/h4,9-10,14H,1,5-8H2,2-3H3/t10-,12-/m1/s1. The molecule has 0 saturated heterocycles. The number of hydrogen-bond acceptors (Lipinski definition) is 2. The fourth-order valence-corrected chi connectivity index (χ4v) is 2.41. The van der Waals surface area contributed by atoms with Gasteiger partial charge < -0.3 is 5.11 Å². The summed E-state index contributed by atoms with van der Waals surface area (Å²) in [4.78, 5) is 11.7. The van der Waals surface area contributed by atoms with E-state index in [1.54, 1.807) is 6.08 Å². The molecule has 1 rings (SSSR count). The SMILES string of the molecule is C=C[C@H](C(C)C)[C@]1(O)CCCCC1=O. The third-order valence-corrected chi connectivity index (χ3v) is 3.22. The second-order valence-corrected chi connectivity index (χ2v) is 4.56. The van der Waals surface area contributed by atoms with Crippen LogP contribution in [0.15, 0.2) is 12.7 Å². The monoisotopic (exact) mass is 196 g/mol. The van der Waals surface area contributed by atoms with Gasteiger partial charge in [0.1, 0.15) is 5.60 Å². The first-order valence-corrected chi connectivity index (χ1v) is 5.40. The molecule has 0 unspecified atom stereocenters. The zero-order chi connectivity index (χ0) is 10.8. The van der Waals surface area contributed by atoms with Crippen LogP contribution in [0.1, 0.15) is 39.5 Å². The molecule has 0 radical (unpaired) electrons. The summed E-state index contributed by atoms with van der Waals surface area (Å²) in [5.74, 6) is 0.164. The van der Waals surface area contributed by atoms with Crippen molar-refractivity contribution < 1.29 is 9.90 Å². The summed E-state index contributed by atoms with van der Waals surface area (Å²) < 4.78 is 0. The van der Waals surface area contributed by atoms with Crippen LogP contribution < -0.4 is 0 Å². The van der Waals surface area contributed by atoms with Gasteiger partial charge >= 0.3 is 0 Å². The molecule has 14 heavy (non-hydrogen) atoms. The lowest BCUT2D eigenvalue weighted by Crippen LogP contribution is -2.49. The molecule has 2 heteroatoms. The van der Waals surface area contributed by atoms with Crippen molar-refractivity contribution in [2.24, 2.45) is 11.8 Å². The molecule has 0 aliphatic heterocycles. The second-order valence-electron chi connectivity index (χ2n) is 4.56. The highest BCUT2D eigenvalue weighted by atomic mass is 16.3. The Hall–Kier alpha value is -0.630. The molecule has 80 valence electrons. The molecule has 2 nitrogen and oxygen atoms in total. The summed E-state index contributed by atoms with van der Waals surface area (Å²) in [6.07, 6.45) is 4.71. The first-order valence-electron chi connectivity index (χ1n) is 5.40. The Morgan fingerprint density at radius 1 is 1.50 bits per heavy atom. The van der Waals surface area contributed by atoms with Gasteiger partial charge in [-0.15, -0.1) is 6.58 Å². The van der Waals surface area contributed by atoms with Crippen LogP contribution in [-0.2, 0) is 4.79 Å². The van der Waals surface area contributed by atoms with Crippen molar-refractivity contribution in [2.45, 2.75) is 45.1 Å². The average molecular weight is 196 g/mol. The number of ketones is 1. The van der Waals surface area contributed by atoms with Crippen molar-refractivity contribution >= 4 is 5.78 Å². The molecular weight excluding hydrogens is 176 g/mol. The molecule has 0 aromatic carbocycles. The van der Waals surface area contributed by atoms with Gasteiger partial charge in [-0.3, -0.25) is 4.79 Å². The molecule has 0 heterocycles. The highest BCUT2D eigenvalue weighted by Gasteiger charge is 2.44. The maximum atomic E-state index is 11.7. The zero-order valence-electron chi connectivity index (χ0n) is 9.12. The van der Waals surface area contributed by atoms with Crippen LogP contribution in [0.3, 0.4) is 0 Å². The molecule has 2 atom stereocenters. The van der Waals surface area contributed by atoms with E-state index in [-0.39, 0.29) is 17.6 Å². The lowest BCUT2D eigenvalue weighted by molar-refractivity contribution is -0.147. The Morgan fingerprint density at radius 2 is 2.14 bits per heavy atom. The van der Waals surface area contributed by atoms with Crippen molar-refractivity contribution in [3.63, 3.8) is 0 Å². The Labute approximate surface area is 86.0 Å². The summed E-state index contributed by atoms with van der Waals surface area (Å²) in [5, 5.41) is 10.3. The Morgan fingerprint density at radius 3 is 2.57 bits per heavy atom. The summed E-state index contributed by atoms with van der Waals surface area (Å²) in [6, 6.07) is 0. The van der Waals surface area contributed by atoms with E-state index in [1.165, 1.54) is 0 Å².